The maximum atomic E-state index is 14.3. The molecule has 0 saturated heterocycles. The first-order valence-electron chi connectivity index (χ1n) is 17.7. The maximum Gasteiger partial charge on any atom is 0.341 e. The van der Waals surface area contributed by atoms with Gasteiger partial charge in [-0.25, -0.2) is 4.79 Å². The van der Waals surface area contributed by atoms with Gasteiger partial charge < -0.3 is 20.7 Å². The second-order valence-electron chi connectivity index (χ2n) is 12.8. The van der Waals surface area contributed by atoms with Gasteiger partial charge in [0.15, 0.2) is 0 Å². The van der Waals surface area contributed by atoms with E-state index in [1.54, 1.807) is 48.5 Å². The number of thioether (sulfide) groups is 1. The number of ether oxygens (including phenoxy) is 1. The molecule has 4 aromatic carbocycles. The zero-order valence-corrected chi connectivity index (χ0v) is 32.3. The lowest BCUT2D eigenvalue weighted by molar-refractivity contribution is -0.116. The topological polar surface area (TPSA) is 114 Å². The highest BCUT2D eigenvalue weighted by Crippen LogP contribution is 2.44. The van der Waals surface area contributed by atoms with Crippen LogP contribution >= 0.6 is 34.4 Å². The molecule has 0 spiro atoms. The van der Waals surface area contributed by atoms with Crippen LogP contribution in [-0.2, 0) is 27.2 Å². The number of amides is 3. The molecule has 0 bridgehead atoms. The Kier molecular flexibility index (Phi) is 12.0. The molecule has 0 fully saturated rings. The molecule has 8 nitrogen and oxygen atoms in total. The van der Waals surface area contributed by atoms with Gasteiger partial charge in [0, 0.05) is 25.9 Å². The fourth-order valence-corrected chi connectivity index (χ4v) is 9.58. The molecule has 276 valence electrons. The minimum absolute atomic E-state index is 0.0889. The third-order valence-electron chi connectivity index (χ3n) is 9.21. The van der Waals surface area contributed by atoms with E-state index in [2.05, 4.69) is 28.1 Å². The number of thiophene rings is 2. The predicted molar refractivity (Wildman–Crippen MR) is 222 cm³/mol. The third-order valence-corrected chi connectivity index (χ3v) is 12.4. The molecule has 2 unspecified atom stereocenters. The molecule has 11 heteroatoms. The Morgan fingerprint density at radius 2 is 1.56 bits per heavy atom. The Bertz CT molecular complexity index is 2320. The van der Waals surface area contributed by atoms with Gasteiger partial charge in [-0.3, -0.25) is 14.4 Å². The first-order valence-corrected chi connectivity index (χ1v) is 20.3. The predicted octanol–water partition coefficient (Wildman–Crippen LogP) is 9.75. The van der Waals surface area contributed by atoms with Gasteiger partial charge in [0.25, 0.3) is 11.8 Å². The van der Waals surface area contributed by atoms with Crippen LogP contribution in [0.1, 0.15) is 64.7 Å². The van der Waals surface area contributed by atoms with E-state index in [4.69, 9.17) is 4.74 Å². The van der Waals surface area contributed by atoms with E-state index in [0.717, 1.165) is 38.6 Å². The highest BCUT2D eigenvalue weighted by Gasteiger charge is 2.32. The molecular formula is C44H37N3O5S3. The van der Waals surface area contributed by atoms with E-state index in [9.17, 15) is 19.2 Å². The lowest BCUT2D eigenvalue weighted by Gasteiger charge is -2.22. The average molecular weight is 784 g/mol. The molecule has 0 radical (unpaired) electrons. The summed E-state index contributed by atoms with van der Waals surface area (Å²) in [6, 6.07) is 39.5. The summed E-state index contributed by atoms with van der Waals surface area (Å²) < 4.78 is 5.22. The van der Waals surface area contributed by atoms with Crippen molar-refractivity contribution in [3.63, 3.8) is 0 Å². The molecular weight excluding hydrogens is 747 g/mol. The molecule has 55 heavy (non-hydrogen) atoms. The van der Waals surface area contributed by atoms with Gasteiger partial charge in [0.2, 0.25) is 5.91 Å². The van der Waals surface area contributed by atoms with E-state index < -0.39 is 23.0 Å². The molecule has 2 aromatic heterocycles. The second-order valence-corrected chi connectivity index (χ2v) is 16.1. The SMILES string of the molecule is COC(=O)c1c(NC(=O)C(Sc2cccc(NC(=O)/C(=C/c3cccs3)NC(=O)c3ccccc3)c2)c2ccccc2)sc2c1CCC(c1ccccc1)C2. The molecule has 2 heterocycles. The lowest BCUT2D eigenvalue weighted by atomic mass is 9.83. The zero-order chi connectivity index (χ0) is 38.1. The molecule has 3 N–H and O–H groups in total. The lowest BCUT2D eigenvalue weighted by Crippen LogP contribution is -2.30. The van der Waals surface area contributed by atoms with Crippen molar-refractivity contribution in [3.05, 3.63) is 176 Å². The van der Waals surface area contributed by atoms with Crippen LogP contribution in [0.3, 0.4) is 0 Å². The van der Waals surface area contributed by atoms with Gasteiger partial charge in [0.05, 0.1) is 12.7 Å². The van der Waals surface area contributed by atoms with Crippen molar-refractivity contribution in [2.75, 3.05) is 17.7 Å². The van der Waals surface area contributed by atoms with Crippen molar-refractivity contribution in [1.82, 2.24) is 5.32 Å². The van der Waals surface area contributed by atoms with Crippen LogP contribution in [0.4, 0.5) is 10.7 Å². The monoisotopic (exact) mass is 783 g/mol. The number of rotatable bonds is 12. The van der Waals surface area contributed by atoms with E-state index in [0.29, 0.717) is 34.2 Å². The number of benzene rings is 4. The number of esters is 1. The van der Waals surface area contributed by atoms with Crippen molar-refractivity contribution in [1.29, 1.82) is 0 Å². The van der Waals surface area contributed by atoms with Gasteiger partial charge in [-0.15, -0.1) is 34.4 Å². The van der Waals surface area contributed by atoms with Crippen molar-refractivity contribution < 1.29 is 23.9 Å². The van der Waals surface area contributed by atoms with Crippen LogP contribution in [0, 0.1) is 0 Å². The van der Waals surface area contributed by atoms with Crippen LogP contribution in [0.25, 0.3) is 6.08 Å². The van der Waals surface area contributed by atoms with Crippen molar-refractivity contribution >= 4 is 74.9 Å². The number of carbonyl (C=O) groups excluding carboxylic acids is 4. The summed E-state index contributed by atoms with van der Waals surface area (Å²) in [6.45, 7) is 0. The number of fused-ring (bicyclic) bond motifs is 1. The fourth-order valence-electron chi connectivity index (χ4n) is 6.52. The van der Waals surface area contributed by atoms with Crippen molar-refractivity contribution in [3.8, 4) is 0 Å². The molecule has 1 aliphatic rings. The Morgan fingerprint density at radius 3 is 2.27 bits per heavy atom. The van der Waals surface area contributed by atoms with Crippen molar-refractivity contribution in [2.45, 2.75) is 35.3 Å². The minimum atomic E-state index is -0.701. The Hall–Kier alpha value is -5.75. The van der Waals surface area contributed by atoms with E-state index in [1.165, 1.54) is 47.1 Å². The summed E-state index contributed by atoms with van der Waals surface area (Å²) in [6.07, 6.45) is 4.02. The third kappa shape index (κ3) is 9.14. The highest BCUT2D eigenvalue weighted by atomic mass is 32.2. The molecule has 0 saturated carbocycles. The molecule has 3 amide bonds. The Balaban J connectivity index is 1.12. The van der Waals surface area contributed by atoms with E-state index in [1.807, 2.05) is 78.2 Å². The fraction of sp³-hybridized carbons (Fsp3) is 0.136. The van der Waals surface area contributed by atoms with Gasteiger partial charge in [-0.1, -0.05) is 91.0 Å². The summed E-state index contributed by atoms with van der Waals surface area (Å²) in [5, 5.41) is 10.5. The second kappa shape index (κ2) is 17.6. The molecule has 6 aromatic rings. The van der Waals surface area contributed by atoms with Gasteiger partial charge in [0.1, 0.15) is 15.9 Å². The Morgan fingerprint density at radius 1 is 0.836 bits per heavy atom. The van der Waals surface area contributed by atoms with E-state index in [-0.39, 0.29) is 11.6 Å². The number of hydrogen-bond acceptors (Lipinski definition) is 8. The average Bonchev–Trinajstić information content (AvgIpc) is 3.87. The number of anilines is 2. The van der Waals surface area contributed by atoms with Crippen LogP contribution in [-0.4, -0.2) is 30.8 Å². The van der Waals surface area contributed by atoms with Crippen LogP contribution < -0.4 is 16.0 Å². The zero-order valence-electron chi connectivity index (χ0n) is 29.8. The summed E-state index contributed by atoms with van der Waals surface area (Å²) in [4.78, 5) is 56.8. The van der Waals surface area contributed by atoms with Gasteiger partial charge in [-0.2, -0.15) is 0 Å². The van der Waals surface area contributed by atoms with Gasteiger partial charge in [-0.05, 0) is 89.7 Å². The van der Waals surface area contributed by atoms with Crippen LogP contribution in [0.5, 0.6) is 0 Å². The minimum Gasteiger partial charge on any atom is -0.465 e. The number of nitrogens with one attached hydrogen (secondary N) is 3. The van der Waals surface area contributed by atoms with Crippen LogP contribution in [0.2, 0.25) is 0 Å². The largest absolute Gasteiger partial charge is 0.465 e. The summed E-state index contributed by atoms with van der Waals surface area (Å²) >= 11 is 4.21. The Labute approximate surface area is 331 Å². The first-order chi connectivity index (χ1) is 26.9. The number of hydrogen-bond donors (Lipinski definition) is 3. The van der Waals surface area contributed by atoms with E-state index >= 15 is 0 Å². The number of carbonyl (C=O) groups is 4. The first kappa shape index (κ1) is 37.6. The number of methoxy groups -OCH3 is 1. The molecule has 7 rings (SSSR count). The smallest absolute Gasteiger partial charge is 0.341 e. The highest BCUT2D eigenvalue weighted by molar-refractivity contribution is 8.00. The molecule has 1 aliphatic carbocycles. The van der Waals surface area contributed by atoms with Crippen LogP contribution in [0.15, 0.2) is 143 Å². The van der Waals surface area contributed by atoms with Gasteiger partial charge >= 0.3 is 5.97 Å². The van der Waals surface area contributed by atoms with Crippen molar-refractivity contribution in [2.24, 2.45) is 0 Å². The maximum absolute atomic E-state index is 14.3. The quantitative estimate of drug-likeness (QED) is 0.0648. The standard InChI is InChI=1S/C44H37N3O5S3/c1-52-44(51)38-35-23-22-31(28-13-5-2-6-14-28)25-37(35)55-43(38)47-42(50)39(29-15-7-3-8-16-29)54-34-20-11-19-32(26-34)45-41(49)36(27-33-21-12-24-53-33)46-40(48)30-17-9-4-10-18-30/h2-21,24,26-27,31,39H,22-23,25H2,1H3,(H,45,49)(H,46,48)(H,47,50)/b36-27-. The summed E-state index contributed by atoms with van der Waals surface area (Å²) in [7, 11) is 1.36. The molecule has 2 atom stereocenters. The molecule has 0 aliphatic heterocycles. The summed E-state index contributed by atoms with van der Waals surface area (Å²) in [5.41, 5.74) is 4.40. The normalized spacial score (nSPS) is 14.3. The summed E-state index contributed by atoms with van der Waals surface area (Å²) in [5.74, 6) is -1.34.